The molecule has 0 N–H and O–H groups in total. The summed E-state index contributed by atoms with van der Waals surface area (Å²) >= 11 is 0. The van der Waals surface area contributed by atoms with E-state index in [2.05, 4.69) is 9.47 Å². The third-order valence-corrected chi connectivity index (χ3v) is 2.43. The zero-order chi connectivity index (χ0) is 15.1. The molecule has 0 spiro atoms. The summed E-state index contributed by atoms with van der Waals surface area (Å²) in [5, 5.41) is 0. The Labute approximate surface area is 117 Å². The van der Waals surface area contributed by atoms with Crippen molar-refractivity contribution in [2.75, 3.05) is 21.0 Å². The van der Waals surface area contributed by atoms with E-state index < -0.39 is 11.9 Å². The summed E-state index contributed by atoms with van der Waals surface area (Å²) in [6.45, 7) is 3.60. The van der Waals surface area contributed by atoms with Crippen LogP contribution in [-0.4, -0.2) is 39.1 Å². The van der Waals surface area contributed by atoms with Gasteiger partial charge in [-0.2, -0.15) is 0 Å². The summed E-state index contributed by atoms with van der Waals surface area (Å²) in [7, 11) is 2.50. The normalized spacial score (nSPS) is 10.2. The van der Waals surface area contributed by atoms with Gasteiger partial charge in [0.05, 0.1) is 20.3 Å². The Bertz CT molecular complexity index is 446. The van der Waals surface area contributed by atoms with Crippen LogP contribution in [0.2, 0.25) is 0 Å². The Morgan fingerprint density at radius 3 is 1.95 bits per heavy atom. The lowest BCUT2D eigenvalue weighted by atomic mass is 10.1. The molecule has 0 atom stereocenters. The summed E-state index contributed by atoms with van der Waals surface area (Å²) < 4.78 is 20.0. The van der Waals surface area contributed by atoms with Gasteiger partial charge in [0.25, 0.3) is 0 Å². The van der Waals surface area contributed by atoms with Gasteiger partial charge >= 0.3 is 11.9 Å². The first kappa shape index (κ1) is 16.0. The van der Waals surface area contributed by atoms with Crippen LogP contribution in [0, 0.1) is 0 Å². The zero-order valence-electron chi connectivity index (χ0n) is 12.0. The smallest absolute Gasteiger partial charge is 0.341 e. The van der Waals surface area contributed by atoms with Crippen LogP contribution in [0.3, 0.4) is 0 Å². The van der Waals surface area contributed by atoms with E-state index >= 15 is 0 Å². The molecular weight excluding hydrogens is 264 g/mol. The molecule has 0 heterocycles. The van der Waals surface area contributed by atoms with Crippen molar-refractivity contribution in [3.05, 3.63) is 29.3 Å². The molecule has 1 rings (SSSR count). The van der Waals surface area contributed by atoms with Gasteiger partial charge in [-0.3, -0.25) is 0 Å². The highest BCUT2D eigenvalue weighted by atomic mass is 16.7. The molecule has 0 aliphatic carbocycles. The third-order valence-electron chi connectivity index (χ3n) is 2.43. The molecule has 0 aliphatic heterocycles. The molecule has 0 aromatic heterocycles. The van der Waals surface area contributed by atoms with Crippen molar-refractivity contribution < 1.29 is 28.5 Å². The Hall–Kier alpha value is -2.08. The lowest BCUT2D eigenvalue weighted by Gasteiger charge is -2.15. The van der Waals surface area contributed by atoms with E-state index in [1.165, 1.54) is 26.4 Å². The SMILES string of the molecule is COC(=O)c1cccc(C(=O)OC)c1OCOC(C)C. The summed E-state index contributed by atoms with van der Waals surface area (Å²) in [5.41, 5.74) is 0.283. The van der Waals surface area contributed by atoms with Crippen molar-refractivity contribution in [1.82, 2.24) is 0 Å². The van der Waals surface area contributed by atoms with Crippen molar-refractivity contribution in [2.45, 2.75) is 20.0 Å². The maximum absolute atomic E-state index is 11.7. The van der Waals surface area contributed by atoms with Crippen molar-refractivity contribution in [2.24, 2.45) is 0 Å². The van der Waals surface area contributed by atoms with Crippen LogP contribution < -0.4 is 4.74 Å². The highest BCUT2D eigenvalue weighted by Crippen LogP contribution is 2.25. The van der Waals surface area contributed by atoms with Crippen LogP contribution in [0.25, 0.3) is 0 Å². The lowest BCUT2D eigenvalue weighted by molar-refractivity contribution is -0.0210. The van der Waals surface area contributed by atoms with Crippen molar-refractivity contribution in [3.63, 3.8) is 0 Å². The third kappa shape index (κ3) is 3.96. The molecule has 0 amide bonds. The predicted molar refractivity (Wildman–Crippen MR) is 70.8 cm³/mol. The average molecular weight is 282 g/mol. The minimum absolute atomic E-state index is 0.0399. The van der Waals surface area contributed by atoms with E-state index in [0.717, 1.165) is 0 Å². The highest BCUT2D eigenvalue weighted by molar-refractivity contribution is 6.00. The van der Waals surface area contributed by atoms with Gasteiger partial charge in [-0.1, -0.05) is 6.07 Å². The number of esters is 2. The Morgan fingerprint density at radius 1 is 1.05 bits per heavy atom. The number of carbonyl (C=O) groups excluding carboxylic acids is 2. The fraction of sp³-hybridized carbons (Fsp3) is 0.429. The van der Waals surface area contributed by atoms with E-state index in [4.69, 9.17) is 9.47 Å². The fourth-order valence-corrected chi connectivity index (χ4v) is 1.46. The largest absolute Gasteiger partial charge is 0.466 e. The van der Waals surface area contributed by atoms with E-state index in [1.807, 2.05) is 13.8 Å². The molecule has 6 heteroatoms. The van der Waals surface area contributed by atoms with E-state index in [9.17, 15) is 9.59 Å². The number of methoxy groups -OCH3 is 2. The van der Waals surface area contributed by atoms with Gasteiger partial charge in [-0.25, -0.2) is 9.59 Å². The lowest BCUT2D eigenvalue weighted by Crippen LogP contribution is -2.15. The average Bonchev–Trinajstić information content (AvgIpc) is 2.45. The maximum atomic E-state index is 11.7. The van der Waals surface area contributed by atoms with Gasteiger partial charge in [0.2, 0.25) is 0 Å². The van der Waals surface area contributed by atoms with Crippen molar-refractivity contribution in [3.8, 4) is 5.75 Å². The molecular formula is C14H18O6. The first-order chi connectivity index (χ1) is 9.51. The second-order valence-electron chi connectivity index (χ2n) is 4.14. The Morgan fingerprint density at radius 2 is 1.55 bits per heavy atom. The molecule has 0 saturated carbocycles. The molecule has 0 radical (unpaired) electrons. The minimum atomic E-state index is -0.602. The standard InChI is InChI=1S/C14H18O6/c1-9(2)19-8-20-12-10(13(15)17-3)6-5-7-11(12)14(16)18-4/h5-7,9H,8H2,1-4H3. The first-order valence-electron chi connectivity index (χ1n) is 6.05. The number of para-hydroxylation sites is 1. The second-order valence-corrected chi connectivity index (χ2v) is 4.14. The van der Waals surface area contributed by atoms with Gasteiger partial charge < -0.3 is 18.9 Å². The van der Waals surface area contributed by atoms with Crippen LogP contribution in [-0.2, 0) is 14.2 Å². The van der Waals surface area contributed by atoms with Crippen LogP contribution in [0.15, 0.2) is 18.2 Å². The van der Waals surface area contributed by atoms with Crippen molar-refractivity contribution in [1.29, 1.82) is 0 Å². The zero-order valence-corrected chi connectivity index (χ0v) is 12.0. The molecule has 6 nitrogen and oxygen atoms in total. The number of hydrogen-bond acceptors (Lipinski definition) is 6. The highest BCUT2D eigenvalue weighted by Gasteiger charge is 2.21. The Kier molecular flexibility index (Phi) is 5.99. The molecule has 20 heavy (non-hydrogen) atoms. The van der Waals surface area contributed by atoms with Crippen molar-refractivity contribution >= 4 is 11.9 Å². The molecule has 0 saturated heterocycles. The monoisotopic (exact) mass is 282 g/mol. The topological polar surface area (TPSA) is 71.1 Å². The molecule has 0 aliphatic rings. The summed E-state index contributed by atoms with van der Waals surface area (Å²) in [4.78, 5) is 23.4. The van der Waals surface area contributed by atoms with Gasteiger partial charge in [0.15, 0.2) is 12.5 Å². The van der Waals surface area contributed by atoms with Gasteiger partial charge in [-0.05, 0) is 26.0 Å². The van der Waals surface area contributed by atoms with Crippen LogP contribution in [0.4, 0.5) is 0 Å². The summed E-state index contributed by atoms with van der Waals surface area (Å²) in [5.74, 6) is -1.11. The number of hydrogen-bond donors (Lipinski definition) is 0. The molecule has 0 fully saturated rings. The summed E-state index contributed by atoms with van der Waals surface area (Å²) in [6.07, 6.45) is -0.0399. The van der Waals surface area contributed by atoms with Gasteiger partial charge in [-0.15, -0.1) is 0 Å². The molecule has 0 bridgehead atoms. The number of benzene rings is 1. The van der Waals surface area contributed by atoms with Gasteiger partial charge in [0, 0.05) is 0 Å². The minimum Gasteiger partial charge on any atom is -0.466 e. The quantitative estimate of drug-likeness (QED) is 0.587. The number of rotatable bonds is 6. The second kappa shape index (κ2) is 7.49. The molecule has 1 aromatic carbocycles. The van der Waals surface area contributed by atoms with E-state index in [1.54, 1.807) is 6.07 Å². The van der Waals surface area contributed by atoms with Crippen LogP contribution >= 0.6 is 0 Å². The van der Waals surface area contributed by atoms with Crippen LogP contribution in [0.1, 0.15) is 34.6 Å². The molecule has 1 aromatic rings. The van der Waals surface area contributed by atoms with Crippen LogP contribution in [0.5, 0.6) is 5.75 Å². The van der Waals surface area contributed by atoms with E-state index in [-0.39, 0.29) is 29.8 Å². The van der Waals surface area contributed by atoms with E-state index in [0.29, 0.717) is 0 Å². The molecule has 0 unspecified atom stereocenters. The maximum Gasteiger partial charge on any atom is 0.341 e. The number of ether oxygens (including phenoxy) is 4. The predicted octanol–water partition coefficient (Wildman–Crippen LogP) is 2.02. The van der Waals surface area contributed by atoms with Gasteiger partial charge in [0.1, 0.15) is 11.1 Å². The Balaban J connectivity index is 3.11. The fourth-order valence-electron chi connectivity index (χ4n) is 1.46. The first-order valence-corrected chi connectivity index (χ1v) is 6.05. The summed E-state index contributed by atoms with van der Waals surface area (Å²) in [6, 6.07) is 4.56. The molecule has 110 valence electrons. The number of carbonyl (C=O) groups is 2.